The smallest absolute Gasteiger partial charge is 0.344 e. The summed E-state index contributed by atoms with van der Waals surface area (Å²) in [6.45, 7) is 5.00. The normalized spacial score (nSPS) is 21.2. The van der Waals surface area contributed by atoms with Gasteiger partial charge in [-0.15, -0.1) is 0 Å². The number of benzene rings is 1. The molecule has 2 N–H and O–H groups in total. The first kappa shape index (κ1) is 24.1. The maximum absolute atomic E-state index is 12.4. The SMILES string of the molecule is NC(=O)C1CCc2c1c1c(OCC(=O)OCCN3CCOCC3)cccc1n2CC1CCCCC1. The number of hydrogen-bond acceptors (Lipinski definition) is 6. The average molecular weight is 484 g/mol. The van der Waals surface area contributed by atoms with E-state index in [2.05, 4.69) is 15.5 Å². The standard InChI is InChI=1S/C27H37N3O5/c28-27(32)20-9-10-22-25(20)26-21(30(22)17-19-5-2-1-3-6-19)7-4-8-23(26)35-18-24(31)34-16-13-29-11-14-33-15-12-29/h4,7-8,19-20H,1-3,5-6,9-18H2,(H2,28,32). The Labute approximate surface area is 206 Å². The van der Waals surface area contributed by atoms with E-state index in [1.165, 1.54) is 37.8 Å². The van der Waals surface area contributed by atoms with Crippen molar-refractivity contribution in [3.05, 3.63) is 29.5 Å². The van der Waals surface area contributed by atoms with Crippen molar-refractivity contribution in [1.82, 2.24) is 9.47 Å². The molecule has 1 aromatic carbocycles. The number of amides is 1. The monoisotopic (exact) mass is 483 g/mol. The van der Waals surface area contributed by atoms with E-state index in [9.17, 15) is 9.59 Å². The molecule has 2 fully saturated rings. The Hall–Kier alpha value is -2.58. The first-order valence-corrected chi connectivity index (χ1v) is 13.1. The summed E-state index contributed by atoms with van der Waals surface area (Å²) in [4.78, 5) is 26.9. The molecule has 2 heterocycles. The van der Waals surface area contributed by atoms with Crippen LogP contribution in [0.25, 0.3) is 10.9 Å². The molecule has 5 rings (SSSR count). The Morgan fingerprint density at radius 3 is 2.66 bits per heavy atom. The molecule has 0 spiro atoms. The van der Waals surface area contributed by atoms with Crippen LogP contribution >= 0.6 is 0 Å². The molecule has 35 heavy (non-hydrogen) atoms. The summed E-state index contributed by atoms with van der Waals surface area (Å²) in [5.41, 5.74) is 9.09. The van der Waals surface area contributed by atoms with Crippen molar-refractivity contribution >= 4 is 22.8 Å². The molecule has 2 aromatic rings. The third-order valence-corrected chi connectivity index (χ3v) is 7.85. The van der Waals surface area contributed by atoms with Gasteiger partial charge in [-0.1, -0.05) is 25.3 Å². The fraction of sp³-hybridized carbons (Fsp3) is 0.630. The summed E-state index contributed by atoms with van der Waals surface area (Å²) < 4.78 is 19.2. The van der Waals surface area contributed by atoms with Gasteiger partial charge in [-0.05, 0) is 49.3 Å². The van der Waals surface area contributed by atoms with E-state index in [-0.39, 0.29) is 24.4 Å². The number of nitrogens with two attached hydrogens (primary N) is 1. The number of hydrogen-bond donors (Lipinski definition) is 1. The maximum Gasteiger partial charge on any atom is 0.344 e. The molecule has 190 valence electrons. The van der Waals surface area contributed by atoms with E-state index in [1.54, 1.807) is 0 Å². The van der Waals surface area contributed by atoms with E-state index in [0.29, 0.717) is 24.8 Å². The number of aromatic nitrogens is 1. The summed E-state index contributed by atoms with van der Waals surface area (Å²) in [5.74, 6) is 0.282. The summed E-state index contributed by atoms with van der Waals surface area (Å²) in [7, 11) is 0. The molecule has 8 heteroatoms. The number of esters is 1. The highest BCUT2D eigenvalue weighted by molar-refractivity contribution is 5.97. The highest BCUT2D eigenvalue weighted by Gasteiger charge is 2.35. The van der Waals surface area contributed by atoms with E-state index in [4.69, 9.17) is 19.9 Å². The lowest BCUT2D eigenvalue weighted by atomic mass is 9.89. The van der Waals surface area contributed by atoms with Crippen LogP contribution in [0.15, 0.2) is 18.2 Å². The Morgan fingerprint density at radius 2 is 1.89 bits per heavy atom. The Morgan fingerprint density at radius 1 is 1.09 bits per heavy atom. The van der Waals surface area contributed by atoms with Gasteiger partial charge in [0.15, 0.2) is 6.61 Å². The van der Waals surface area contributed by atoms with Crippen LogP contribution in [0.2, 0.25) is 0 Å². The first-order valence-electron chi connectivity index (χ1n) is 13.1. The van der Waals surface area contributed by atoms with Gasteiger partial charge in [0, 0.05) is 37.3 Å². The second-order valence-electron chi connectivity index (χ2n) is 10.1. The average Bonchev–Trinajstić information content (AvgIpc) is 3.44. The van der Waals surface area contributed by atoms with Gasteiger partial charge in [0.2, 0.25) is 5.91 Å². The van der Waals surface area contributed by atoms with Gasteiger partial charge in [-0.2, -0.15) is 0 Å². The van der Waals surface area contributed by atoms with Crippen LogP contribution in [0, 0.1) is 5.92 Å². The number of carbonyl (C=O) groups is 2. The summed E-state index contributed by atoms with van der Waals surface area (Å²) >= 11 is 0. The van der Waals surface area contributed by atoms with Crippen molar-refractivity contribution in [2.24, 2.45) is 11.7 Å². The predicted molar refractivity (Wildman–Crippen MR) is 132 cm³/mol. The number of ether oxygens (including phenoxy) is 3. The van der Waals surface area contributed by atoms with Gasteiger partial charge in [0.05, 0.1) is 24.6 Å². The lowest BCUT2D eigenvalue weighted by molar-refractivity contribution is -0.146. The Kier molecular flexibility index (Phi) is 7.58. The van der Waals surface area contributed by atoms with Gasteiger partial charge in [-0.25, -0.2) is 4.79 Å². The van der Waals surface area contributed by atoms with Crippen LogP contribution in [0.5, 0.6) is 5.75 Å². The molecule has 1 amide bonds. The second-order valence-corrected chi connectivity index (χ2v) is 10.1. The molecule has 1 atom stereocenters. The lowest BCUT2D eigenvalue weighted by Crippen LogP contribution is -2.38. The molecule has 1 aromatic heterocycles. The van der Waals surface area contributed by atoms with Gasteiger partial charge >= 0.3 is 5.97 Å². The number of primary amides is 1. The molecule has 1 saturated heterocycles. The third-order valence-electron chi connectivity index (χ3n) is 7.85. The molecule has 2 aliphatic carbocycles. The molecule has 1 aliphatic heterocycles. The van der Waals surface area contributed by atoms with Crippen molar-refractivity contribution in [2.75, 3.05) is 46.1 Å². The van der Waals surface area contributed by atoms with Crippen molar-refractivity contribution < 1.29 is 23.8 Å². The van der Waals surface area contributed by atoms with Crippen molar-refractivity contribution in [2.45, 2.75) is 57.4 Å². The fourth-order valence-electron chi connectivity index (χ4n) is 6.05. The molecule has 1 unspecified atom stereocenters. The van der Waals surface area contributed by atoms with E-state index in [1.807, 2.05) is 12.1 Å². The summed E-state index contributed by atoms with van der Waals surface area (Å²) in [5, 5.41) is 0.931. The van der Waals surface area contributed by atoms with Crippen molar-refractivity contribution in [3.63, 3.8) is 0 Å². The number of fused-ring (bicyclic) bond motifs is 3. The number of morpholine rings is 1. The minimum absolute atomic E-state index is 0.161. The van der Waals surface area contributed by atoms with Gasteiger partial charge < -0.3 is 24.5 Å². The van der Waals surface area contributed by atoms with E-state index in [0.717, 1.165) is 62.2 Å². The largest absolute Gasteiger partial charge is 0.481 e. The van der Waals surface area contributed by atoms with Crippen LogP contribution in [-0.2, 0) is 32.0 Å². The summed E-state index contributed by atoms with van der Waals surface area (Å²) in [6, 6.07) is 5.94. The number of carbonyl (C=O) groups excluding carboxylic acids is 2. The van der Waals surface area contributed by atoms with Crippen molar-refractivity contribution in [3.8, 4) is 5.75 Å². The quantitative estimate of drug-likeness (QED) is 0.551. The zero-order valence-electron chi connectivity index (χ0n) is 20.5. The van der Waals surface area contributed by atoms with Gasteiger partial charge in [0.1, 0.15) is 12.4 Å². The van der Waals surface area contributed by atoms with Crippen LogP contribution in [-0.4, -0.2) is 67.4 Å². The van der Waals surface area contributed by atoms with Crippen LogP contribution < -0.4 is 10.5 Å². The molecule has 3 aliphatic rings. The summed E-state index contributed by atoms with van der Waals surface area (Å²) in [6.07, 6.45) is 7.98. The van der Waals surface area contributed by atoms with Crippen LogP contribution in [0.4, 0.5) is 0 Å². The zero-order chi connectivity index (χ0) is 24.2. The van der Waals surface area contributed by atoms with Gasteiger partial charge in [0.25, 0.3) is 0 Å². The van der Waals surface area contributed by atoms with E-state index >= 15 is 0 Å². The zero-order valence-corrected chi connectivity index (χ0v) is 20.5. The molecular weight excluding hydrogens is 446 g/mol. The number of nitrogens with zero attached hydrogens (tertiary/aromatic N) is 2. The molecule has 8 nitrogen and oxygen atoms in total. The minimum Gasteiger partial charge on any atom is -0.481 e. The van der Waals surface area contributed by atoms with Gasteiger partial charge in [-0.3, -0.25) is 9.69 Å². The van der Waals surface area contributed by atoms with E-state index < -0.39 is 0 Å². The fourth-order valence-corrected chi connectivity index (χ4v) is 6.05. The minimum atomic E-state index is -0.389. The second kappa shape index (κ2) is 11.0. The topological polar surface area (TPSA) is 96.0 Å². The highest BCUT2D eigenvalue weighted by atomic mass is 16.6. The molecule has 0 radical (unpaired) electrons. The number of rotatable bonds is 9. The molecule has 0 bridgehead atoms. The predicted octanol–water partition coefficient (Wildman–Crippen LogP) is 2.99. The molecule has 1 saturated carbocycles. The Balaban J connectivity index is 1.32. The maximum atomic E-state index is 12.4. The van der Waals surface area contributed by atoms with Crippen molar-refractivity contribution in [1.29, 1.82) is 0 Å². The highest BCUT2D eigenvalue weighted by Crippen LogP contribution is 2.45. The molecular formula is C27H37N3O5. The Bertz CT molecular complexity index is 1050. The lowest BCUT2D eigenvalue weighted by Gasteiger charge is -2.26. The van der Waals surface area contributed by atoms with Crippen LogP contribution in [0.3, 0.4) is 0 Å². The first-order chi connectivity index (χ1) is 17.1. The third kappa shape index (κ3) is 5.33. The van der Waals surface area contributed by atoms with Crippen LogP contribution in [0.1, 0.15) is 55.7 Å².